The minimum Gasteiger partial charge on any atom is -0.456 e. The molecule has 1 atom stereocenters. The second-order valence-electron chi connectivity index (χ2n) is 6.68. The van der Waals surface area contributed by atoms with Crippen molar-refractivity contribution in [2.75, 3.05) is 0 Å². The highest BCUT2D eigenvalue weighted by Crippen LogP contribution is 2.32. The third-order valence-electron chi connectivity index (χ3n) is 4.61. The molecule has 0 N–H and O–H groups in total. The number of hydrogen-bond donors (Lipinski definition) is 0. The smallest absolute Gasteiger partial charge is 0.280 e. The van der Waals surface area contributed by atoms with Gasteiger partial charge in [-0.15, -0.1) is 0 Å². The first-order chi connectivity index (χ1) is 14.5. The van der Waals surface area contributed by atoms with Crippen LogP contribution in [0.15, 0.2) is 74.6 Å². The molecule has 2 aromatic rings. The Hall–Kier alpha value is -4.38. The van der Waals surface area contributed by atoms with Crippen molar-refractivity contribution in [1.29, 1.82) is 5.26 Å². The molecule has 0 radical (unpaired) electrons. The molecule has 0 spiro atoms. The van der Waals surface area contributed by atoms with Crippen molar-refractivity contribution in [3.63, 3.8) is 0 Å². The van der Waals surface area contributed by atoms with Gasteiger partial charge < -0.3 is 4.42 Å². The Morgan fingerprint density at radius 1 is 1.27 bits per heavy atom. The Morgan fingerprint density at radius 3 is 2.87 bits per heavy atom. The van der Waals surface area contributed by atoms with E-state index in [0.717, 1.165) is 5.56 Å². The number of benzene rings is 1. The van der Waals surface area contributed by atoms with Crippen LogP contribution in [0.4, 0.5) is 5.69 Å². The number of nitro groups is 1. The van der Waals surface area contributed by atoms with E-state index in [4.69, 9.17) is 4.42 Å². The summed E-state index contributed by atoms with van der Waals surface area (Å²) < 4.78 is 5.71. The Labute approximate surface area is 171 Å². The van der Waals surface area contributed by atoms with E-state index in [1.165, 1.54) is 12.1 Å². The Bertz CT molecular complexity index is 1270. The molecular formula is C22H14N4O4. The molecule has 0 saturated heterocycles. The van der Waals surface area contributed by atoms with Crippen molar-refractivity contribution < 1.29 is 14.1 Å². The molecule has 0 bridgehead atoms. The monoisotopic (exact) mass is 398 g/mol. The number of carbonyl (C=O) groups is 1. The molecule has 1 aliphatic heterocycles. The van der Waals surface area contributed by atoms with Crippen LogP contribution in [0.5, 0.6) is 0 Å². The van der Waals surface area contributed by atoms with Gasteiger partial charge in [0.15, 0.2) is 5.84 Å². The normalized spacial score (nSPS) is 17.8. The van der Waals surface area contributed by atoms with Crippen LogP contribution in [0.25, 0.3) is 17.4 Å². The minimum absolute atomic E-state index is 0.00738. The van der Waals surface area contributed by atoms with Gasteiger partial charge in [-0.3, -0.25) is 14.9 Å². The SMILES string of the molecule is Cc1ccc(-c2ccc(/C=C(\C#N)C3=NC(=O)C4C=CC=CC4=N3)o2)c([N+](=O)[O-])c1. The van der Waals surface area contributed by atoms with Gasteiger partial charge in [-0.25, -0.2) is 4.99 Å². The molecule has 8 heteroatoms. The topological polar surface area (TPSA) is 122 Å². The molecule has 4 rings (SSSR count). The standard InChI is InChI=1S/C22H14N4O4/c1-13-6-8-17(19(10-13)26(28)29)20-9-7-15(30-20)11-14(12-23)21-24-18-5-3-2-4-16(18)22(27)25-21/h2-11,16H,1H3/b14-11+. The number of carbonyl (C=O) groups excluding carboxylic acids is 1. The molecule has 146 valence electrons. The fourth-order valence-electron chi connectivity index (χ4n) is 3.15. The van der Waals surface area contributed by atoms with Crippen LogP contribution in [-0.2, 0) is 4.79 Å². The van der Waals surface area contributed by atoms with Gasteiger partial charge in [-0.2, -0.15) is 10.3 Å². The highest BCUT2D eigenvalue weighted by Gasteiger charge is 2.27. The van der Waals surface area contributed by atoms with Crippen LogP contribution in [0.1, 0.15) is 11.3 Å². The van der Waals surface area contributed by atoms with E-state index in [-0.39, 0.29) is 22.9 Å². The van der Waals surface area contributed by atoms with Crippen LogP contribution >= 0.6 is 0 Å². The van der Waals surface area contributed by atoms with Crippen molar-refractivity contribution in [3.8, 4) is 17.4 Å². The van der Waals surface area contributed by atoms with Gasteiger partial charge in [0.05, 0.1) is 16.2 Å². The summed E-state index contributed by atoms with van der Waals surface area (Å²) in [6.07, 6.45) is 8.31. The van der Waals surface area contributed by atoms with Crippen LogP contribution < -0.4 is 0 Å². The van der Waals surface area contributed by atoms with Gasteiger partial charge in [-0.1, -0.05) is 24.3 Å². The number of nitrogens with zero attached hydrogens (tertiary/aromatic N) is 4. The summed E-state index contributed by atoms with van der Waals surface area (Å²) in [7, 11) is 0. The molecule has 8 nitrogen and oxygen atoms in total. The van der Waals surface area contributed by atoms with E-state index < -0.39 is 16.7 Å². The predicted molar refractivity (Wildman–Crippen MR) is 111 cm³/mol. The zero-order chi connectivity index (χ0) is 21.3. The first kappa shape index (κ1) is 19.0. The van der Waals surface area contributed by atoms with Crippen LogP contribution in [0.3, 0.4) is 0 Å². The van der Waals surface area contributed by atoms with Crippen LogP contribution in [0, 0.1) is 34.3 Å². The van der Waals surface area contributed by atoms with Gasteiger partial charge in [0.2, 0.25) is 0 Å². The third-order valence-corrected chi connectivity index (χ3v) is 4.61. The lowest BCUT2D eigenvalue weighted by atomic mass is 9.96. The molecule has 2 heterocycles. The highest BCUT2D eigenvalue weighted by atomic mass is 16.6. The van der Waals surface area contributed by atoms with Gasteiger partial charge in [0.1, 0.15) is 29.1 Å². The molecule has 0 fully saturated rings. The Balaban J connectivity index is 1.69. The van der Waals surface area contributed by atoms with E-state index in [9.17, 15) is 20.2 Å². The zero-order valence-corrected chi connectivity index (χ0v) is 15.8. The summed E-state index contributed by atoms with van der Waals surface area (Å²) in [5.74, 6) is -0.345. The maximum atomic E-state index is 12.3. The average Bonchev–Trinajstić information content (AvgIpc) is 3.20. The molecule has 0 saturated carbocycles. The number of rotatable bonds is 4. The summed E-state index contributed by atoms with van der Waals surface area (Å²) in [6.45, 7) is 1.77. The van der Waals surface area contributed by atoms with E-state index in [1.807, 2.05) is 6.07 Å². The number of fused-ring (bicyclic) bond motifs is 1. The number of hydrogen-bond acceptors (Lipinski definition) is 6. The van der Waals surface area contributed by atoms with E-state index in [2.05, 4.69) is 9.98 Å². The maximum Gasteiger partial charge on any atom is 0.280 e. The van der Waals surface area contributed by atoms with Gasteiger partial charge in [0, 0.05) is 12.1 Å². The number of nitro benzene ring substituents is 1. The highest BCUT2D eigenvalue weighted by molar-refractivity contribution is 6.25. The molecule has 2 aliphatic rings. The molecule has 1 aromatic heterocycles. The van der Waals surface area contributed by atoms with Crippen molar-refractivity contribution in [2.24, 2.45) is 15.9 Å². The van der Waals surface area contributed by atoms with Gasteiger partial charge in [-0.05, 0) is 36.8 Å². The minimum atomic E-state index is -0.531. The van der Waals surface area contributed by atoms with Crippen molar-refractivity contribution in [3.05, 3.63) is 81.6 Å². The summed E-state index contributed by atoms with van der Waals surface area (Å²) >= 11 is 0. The summed E-state index contributed by atoms with van der Waals surface area (Å²) in [5, 5.41) is 20.9. The number of furan rings is 1. The summed E-state index contributed by atoms with van der Waals surface area (Å²) in [6, 6.07) is 9.99. The Kier molecular flexibility index (Phi) is 4.78. The van der Waals surface area contributed by atoms with Gasteiger partial charge in [0.25, 0.3) is 11.6 Å². The van der Waals surface area contributed by atoms with E-state index in [1.54, 1.807) is 55.5 Å². The molecule has 1 aromatic carbocycles. The van der Waals surface area contributed by atoms with Crippen molar-refractivity contribution in [2.45, 2.75) is 6.92 Å². The Morgan fingerprint density at radius 2 is 2.10 bits per heavy atom. The van der Waals surface area contributed by atoms with Crippen LogP contribution in [-0.4, -0.2) is 22.4 Å². The first-order valence-corrected chi connectivity index (χ1v) is 8.99. The van der Waals surface area contributed by atoms with Crippen LogP contribution in [0.2, 0.25) is 0 Å². The average molecular weight is 398 g/mol. The van der Waals surface area contributed by atoms with Crippen molar-refractivity contribution in [1.82, 2.24) is 0 Å². The number of aryl methyl sites for hydroxylation is 1. The second-order valence-corrected chi connectivity index (χ2v) is 6.68. The van der Waals surface area contributed by atoms with Crippen molar-refractivity contribution >= 4 is 29.2 Å². The quantitative estimate of drug-likeness (QED) is 0.434. The predicted octanol–water partition coefficient (Wildman–Crippen LogP) is 4.19. The lowest BCUT2D eigenvalue weighted by Crippen LogP contribution is -2.27. The lowest BCUT2D eigenvalue weighted by Gasteiger charge is -2.17. The fourth-order valence-corrected chi connectivity index (χ4v) is 3.15. The van der Waals surface area contributed by atoms with E-state index >= 15 is 0 Å². The molecule has 1 amide bonds. The molecule has 1 aliphatic carbocycles. The number of amides is 1. The molecular weight excluding hydrogens is 384 g/mol. The van der Waals surface area contributed by atoms with Gasteiger partial charge >= 0.3 is 0 Å². The molecule has 1 unspecified atom stereocenters. The second kappa shape index (κ2) is 7.56. The summed E-state index contributed by atoms with van der Waals surface area (Å²) in [5.41, 5.74) is 1.59. The summed E-state index contributed by atoms with van der Waals surface area (Å²) in [4.78, 5) is 31.4. The zero-order valence-electron chi connectivity index (χ0n) is 15.8. The van der Waals surface area contributed by atoms with E-state index in [0.29, 0.717) is 17.0 Å². The number of nitriles is 1. The lowest BCUT2D eigenvalue weighted by molar-refractivity contribution is -0.384. The largest absolute Gasteiger partial charge is 0.456 e. The number of allylic oxidation sites excluding steroid dienone is 3. The first-order valence-electron chi connectivity index (χ1n) is 8.99. The number of amidine groups is 1. The number of aliphatic imine (C=N–C) groups is 2. The molecule has 30 heavy (non-hydrogen) atoms. The maximum absolute atomic E-state index is 12.3. The fraction of sp³-hybridized carbons (Fsp3) is 0.0909. The third kappa shape index (κ3) is 3.52.